The van der Waals surface area contributed by atoms with Crippen LogP contribution in [0.2, 0.25) is 0 Å². The molecule has 3 N–H and O–H groups in total. The smallest absolute Gasteiger partial charge is 0.435 e. The Labute approximate surface area is 208 Å². The second kappa shape index (κ2) is 17.9. The van der Waals surface area contributed by atoms with Crippen molar-refractivity contribution in [2.75, 3.05) is 36.7 Å². The first-order valence-electron chi connectivity index (χ1n) is 10.7. The Kier molecular flexibility index (Phi) is 15.9. The van der Waals surface area contributed by atoms with Gasteiger partial charge >= 0.3 is 12.1 Å². The van der Waals surface area contributed by atoms with Gasteiger partial charge in [0, 0.05) is 24.5 Å². The summed E-state index contributed by atoms with van der Waals surface area (Å²) in [5.74, 6) is 1.15. The van der Waals surface area contributed by atoms with Crippen molar-refractivity contribution in [3.8, 4) is 0 Å². The zero-order valence-electron chi connectivity index (χ0n) is 19.3. The molecule has 1 aromatic carbocycles. The molecule has 33 heavy (non-hydrogen) atoms. The van der Waals surface area contributed by atoms with Gasteiger partial charge in [0.15, 0.2) is 0 Å². The number of ether oxygens (including phenoxy) is 3. The number of benzene rings is 1. The zero-order valence-corrected chi connectivity index (χ0v) is 21.8. The topological polar surface area (TPSA) is 117 Å². The number of esters is 1. The molecular formula is C22H34N2O6S3. The number of carbonyl (C=O) groups excluding carboxylic acids is 3. The molecule has 0 aromatic heterocycles. The van der Waals surface area contributed by atoms with E-state index in [0.29, 0.717) is 12.2 Å². The van der Waals surface area contributed by atoms with E-state index in [0.717, 1.165) is 23.5 Å². The van der Waals surface area contributed by atoms with Gasteiger partial charge in [-0.3, -0.25) is 9.59 Å². The van der Waals surface area contributed by atoms with Crippen molar-refractivity contribution in [3.05, 3.63) is 35.9 Å². The SMILES string of the molecule is CCOC(=O)OC(C)OC(=O)CNC(=O)C(CSSC[C@@H](N)CCSC)Cc1ccccc1. The van der Waals surface area contributed by atoms with Crippen molar-refractivity contribution in [1.29, 1.82) is 0 Å². The van der Waals surface area contributed by atoms with Gasteiger partial charge < -0.3 is 25.3 Å². The van der Waals surface area contributed by atoms with Gasteiger partial charge in [0.1, 0.15) is 6.54 Å². The molecule has 0 bridgehead atoms. The van der Waals surface area contributed by atoms with Gasteiger partial charge in [0.25, 0.3) is 0 Å². The fourth-order valence-electron chi connectivity index (χ4n) is 2.59. The van der Waals surface area contributed by atoms with Crippen molar-refractivity contribution in [3.63, 3.8) is 0 Å². The highest BCUT2D eigenvalue weighted by Crippen LogP contribution is 2.26. The fraction of sp³-hybridized carbons (Fsp3) is 0.591. The molecule has 0 aliphatic heterocycles. The van der Waals surface area contributed by atoms with Crippen LogP contribution >= 0.6 is 33.3 Å². The Balaban J connectivity index is 2.52. The first-order chi connectivity index (χ1) is 15.8. The summed E-state index contributed by atoms with van der Waals surface area (Å²) in [6, 6.07) is 9.86. The van der Waals surface area contributed by atoms with E-state index in [1.807, 2.05) is 30.3 Å². The molecule has 11 heteroatoms. The number of rotatable bonds is 16. The third kappa shape index (κ3) is 14.3. The van der Waals surface area contributed by atoms with Crippen LogP contribution in [0.1, 0.15) is 25.8 Å². The normalized spacial score (nSPS) is 13.5. The van der Waals surface area contributed by atoms with E-state index in [1.54, 1.807) is 40.3 Å². The molecule has 0 heterocycles. The van der Waals surface area contributed by atoms with Crippen molar-refractivity contribution in [2.24, 2.45) is 11.7 Å². The van der Waals surface area contributed by atoms with Crippen LogP contribution in [0.3, 0.4) is 0 Å². The van der Waals surface area contributed by atoms with Crippen molar-refractivity contribution in [1.82, 2.24) is 5.32 Å². The molecular weight excluding hydrogens is 484 g/mol. The van der Waals surface area contributed by atoms with E-state index in [1.165, 1.54) is 6.92 Å². The lowest BCUT2D eigenvalue weighted by atomic mass is 10.0. The van der Waals surface area contributed by atoms with E-state index in [-0.39, 0.29) is 31.0 Å². The lowest BCUT2D eigenvalue weighted by Gasteiger charge is -2.18. The number of hydrogen-bond acceptors (Lipinski definition) is 10. The lowest BCUT2D eigenvalue weighted by Crippen LogP contribution is -2.38. The highest BCUT2D eigenvalue weighted by atomic mass is 33.1. The first kappa shape index (κ1) is 29.5. The summed E-state index contributed by atoms with van der Waals surface area (Å²) in [5, 5.41) is 2.63. The third-order valence-electron chi connectivity index (χ3n) is 4.25. The van der Waals surface area contributed by atoms with Gasteiger partial charge in [-0.25, -0.2) is 4.79 Å². The quantitative estimate of drug-likeness (QED) is 0.146. The number of nitrogens with two attached hydrogens (primary N) is 1. The highest BCUT2D eigenvalue weighted by Gasteiger charge is 2.21. The standard InChI is InChI=1S/C22H34N2O6S3/c1-4-28-22(27)30-16(2)29-20(25)13-24-21(26)18(12-17-8-6-5-7-9-17)14-32-33-15-19(23)10-11-31-3/h5-9,16,18-19H,4,10-15,23H2,1-3H3,(H,24,26)/t16?,18?,19-/m0/s1. The fourth-order valence-corrected chi connectivity index (χ4v) is 5.69. The van der Waals surface area contributed by atoms with Gasteiger partial charge in [0.05, 0.1) is 12.5 Å². The predicted molar refractivity (Wildman–Crippen MR) is 136 cm³/mol. The van der Waals surface area contributed by atoms with Crippen LogP contribution in [0.5, 0.6) is 0 Å². The maximum atomic E-state index is 12.8. The Bertz CT molecular complexity index is 711. The molecule has 0 aliphatic rings. The minimum Gasteiger partial charge on any atom is -0.435 e. The lowest BCUT2D eigenvalue weighted by molar-refractivity contribution is -0.167. The molecule has 0 spiro atoms. The second-order valence-corrected chi connectivity index (χ2v) is 10.6. The van der Waals surface area contributed by atoms with E-state index in [2.05, 4.69) is 16.3 Å². The van der Waals surface area contributed by atoms with Crippen molar-refractivity contribution < 1.29 is 28.6 Å². The minimum atomic E-state index is -1.11. The Morgan fingerprint density at radius 2 is 1.79 bits per heavy atom. The van der Waals surface area contributed by atoms with Crippen molar-refractivity contribution in [2.45, 2.75) is 39.0 Å². The van der Waals surface area contributed by atoms with Crippen LogP contribution in [0.15, 0.2) is 30.3 Å². The Hall–Kier alpha value is -1.56. The summed E-state index contributed by atoms with van der Waals surface area (Å²) in [5.41, 5.74) is 7.15. The zero-order chi connectivity index (χ0) is 24.5. The largest absolute Gasteiger partial charge is 0.511 e. The molecule has 0 saturated heterocycles. The minimum absolute atomic E-state index is 0.130. The van der Waals surface area contributed by atoms with Crippen LogP contribution in [-0.2, 0) is 30.2 Å². The Morgan fingerprint density at radius 3 is 2.45 bits per heavy atom. The van der Waals surface area contributed by atoms with Gasteiger partial charge in [-0.1, -0.05) is 51.9 Å². The average Bonchev–Trinajstić information content (AvgIpc) is 2.78. The third-order valence-corrected chi connectivity index (χ3v) is 7.48. The molecule has 3 atom stereocenters. The molecule has 8 nitrogen and oxygen atoms in total. The molecule has 2 unspecified atom stereocenters. The highest BCUT2D eigenvalue weighted by molar-refractivity contribution is 8.76. The van der Waals surface area contributed by atoms with Crippen LogP contribution in [0.25, 0.3) is 0 Å². The molecule has 0 aliphatic carbocycles. The van der Waals surface area contributed by atoms with Crippen LogP contribution in [0, 0.1) is 5.92 Å². The summed E-state index contributed by atoms with van der Waals surface area (Å²) in [4.78, 5) is 36.1. The monoisotopic (exact) mass is 518 g/mol. The molecule has 186 valence electrons. The maximum absolute atomic E-state index is 12.8. The molecule has 0 radical (unpaired) electrons. The van der Waals surface area contributed by atoms with Gasteiger partial charge in [0.2, 0.25) is 12.2 Å². The van der Waals surface area contributed by atoms with Crippen LogP contribution < -0.4 is 11.1 Å². The van der Waals surface area contributed by atoms with Crippen LogP contribution in [0.4, 0.5) is 4.79 Å². The summed E-state index contributed by atoms with van der Waals surface area (Å²) >= 11 is 1.78. The van der Waals surface area contributed by atoms with E-state index in [9.17, 15) is 14.4 Å². The summed E-state index contributed by atoms with van der Waals surface area (Å²) in [6.45, 7) is 2.86. The van der Waals surface area contributed by atoms with E-state index < -0.39 is 18.4 Å². The van der Waals surface area contributed by atoms with E-state index in [4.69, 9.17) is 15.2 Å². The molecule has 1 amide bonds. The molecule has 0 saturated carbocycles. The number of nitrogens with one attached hydrogen (secondary N) is 1. The predicted octanol–water partition coefficient (Wildman–Crippen LogP) is 3.49. The molecule has 0 fully saturated rings. The number of amides is 1. The van der Waals surface area contributed by atoms with Gasteiger partial charge in [-0.2, -0.15) is 11.8 Å². The first-order valence-corrected chi connectivity index (χ1v) is 14.6. The maximum Gasteiger partial charge on any atom is 0.511 e. The van der Waals surface area contributed by atoms with Crippen LogP contribution in [-0.4, -0.2) is 67.0 Å². The van der Waals surface area contributed by atoms with E-state index >= 15 is 0 Å². The summed E-state index contributed by atoms with van der Waals surface area (Å²) in [6.07, 6.45) is 1.54. The summed E-state index contributed by atoms with van der Waals surface area (Å²) in [7, 11) is 3.27. The Morgan fingerprint density at radius 1 is 1.09 bits per heavy atom. The average molecular weight is 519 g/mol. The molecule has 1 aromatic rings. The number of thioether (sulfide) groups is 1. The van der Waals surface area contributed by atoms with Gasteiger partial charge in [-0.15, -0.1) is 0 Å². The summed E-state index contributed by atoms with van der Waals surface area (Å²) < 4.78 is 14.4. The van der Waals surface area contributed by atoms with Gasteiger partial charge in [-0.05, 0) is 37.3 Å². The van der Waals surface area contributed by atoms with Crippen molar-refractivity contribution >= 4 is 51.4 Å². The number of carbonyl (C=O) groups is 3. The second-order valence-electron chi connectivity index (χ2n) is 7.07. The molecule has 1 rings (SSSR count). The number of hydrogen-bond donors (Lipinski definition) is 2.